The van der Waals surface area contributed by atoms with Gasteiger partial charge in [-0.25, -0.2) is 4.98 Å². The Morgan fingerprint density at radius 3 is 2.76 bits per heavy atom. The van der Waals surface area contributed by atoms with Gasteiger partial charge < -0.3 is 25.8 Å². The molecule has 2 fully saturated rings. The molecule has 1 aromatic carbocycles. The second-order valence-corrected chi connectivity index (χ2v) is 11.1. The molecule has 38 heavy (non-hydrogen) atoms. The highest BCUT2D eigenvalue weighted by Gasteiger charge is 2.47. The van der Waals surface area contributed by atoms with Gasteiger partial charge in [0.2, 0.25) is 11.9 Å². The van der Waals surface area contributed by atoms with Gasteiger partial charge >= 0.3 is 0 Å². The number of carbonyl (C=O) groups is 1. The van der Waals surface area contributed by atoms with Crippen LogP contribution in [-0.4, -0.2) is 66.3 Å². The van der Waals surface area contributed by atoms with Crippen molar-refractivity contribution in [2.24, 2.45) is 23.5 Å². The summed E-state index contributed by atoms with van der Waals surface area (Å²) in [6, 6.07) is 4.66. The van der Waals surface area contributed by atoms with E-state index in [1.54, 1.807) is 13.3 Å². The van der Waals surface area contributed by atoms with Crippen molar-refractivity contribution in [2.45, 2.75) is 44.2 Å². The molecule has 6 rings (SSSR count). The molecule has 2 aromatic rings. The average Bonchev–Trinajstić information content (AvgIpc) is 3.46. The summed E-state index contributed by atoms with van der Waals surface area (Å²) in [7, 11) is 1.72. The lowest BCUT2D eigenvalue weighted by molar-refractivity contribution is -0.122. The van der Waals surface area contributed by atoms with Crippen LogP contribution < -0.4 is 21.1 Å². The lowest BCUT2D eigenvalue weighted by Gasteiger charge is -2.34. The molecule has 2 unspecified atom stereocenters. The van der Waals surface area contributed by atoms with E-state index in [2.05, 4.69) is 43.7 Å². The maximum Gasteiger partial charge on any atom is 0.229 e. The second-order valence-electron chi connectivity index (χ2n) is 10.7. The van der Waals surface area contributed by atoms with E-state index in [4.69, 9.17) is 26.8 Å². The molecule has 10 heteroatoms. The molecule has 1 aromatic heterocycles. The molecule has 4 aliphatic rings. The number of halogens is 1. The number of ether oxygens (including phenoxy) is 2. The van der Waals surface area contributed by atoms with Crippen molar-refractivity contribution in [1.82, 2.24) is 14.9 Å². The van der Waals surface area contributed by atoms with Crippen LogP contribution in [0.15, 0.2) is 30.5 Å². The fourth-order valence-corrected chi connectivity index (χ4v) is 6.95. The molecule has 2 heterocycles. The fraction of sp³-hybridized carbons (Fsp3) is 0.536. The van der Waals surface area contributed by atoms with Crippen LogP contribution in [0.5, 0.6) is 5.75 Å². The number of nitrogens with one attached hydrogen (secondary N) is 2. The number of aryl methyl sites for hydroxylation is 1. The second kappa shape index (κ2) is 10.7. The fourth-order valence-electron chi connectivity index (χ4n) is 6.81. The van der Waals surface area contributed by atoms with Crippen LogP contribution in [0, 0.1) is 17.8 Å². The SMILES string of the molecule is COc1c(Nc2ncc(Cl)c(NC3C(C(N)=O)[C@@H]4C=C[C@H]3C4)n2)ccc2c1CC[C@@H](N1CCOCC1)CC2. The number of nitrogens with two attached hydrogens (primary N) is 1. The van der Waals surface area contributed by atoms with Gasteiger partial charge in [-0.1, -0.05) is 29.8 Å². The van der Waals surface area contributed by atoms with Crippen molar-refractivity contribution in [3.63, 3.8) is 0 Å². The van der Waals surface area contributed by atoms with Crippen molar-refractivity contribution in [3.05, 3.63) is 46.6 Å². The molecule has 4 N–H and O–H groups in total. The Labute approximate surface area is 228 Å². The predicted molar refractivity (Wildman–Crippen MR) is 147 cm³/mol. The Morgan fingerprint density at radius 1 is 1.18 bits per heavy atom. The number of benzene rings is 1. The molecule has 0 spiro atoms. The Kier molecular flexibility index (Phi) is 7.16. The number of hydrogen-bond donors (Lipinski definition) is 3. The predicted octanol–water partition coefficient (Wildman–Crippen LogP) is 3.55. The molecule has 0 radical (unpaired) electrons. The average molecular weight is 539 g/mol. The third kappa shape index (κ3) is 4.83. The van der Waals surface area contributed by atoms with E-state index in [9.17, 15) is 4.79 Å². The largest absolute Gasteiger partial charge is 0.494 e. The highest BCUT2D eigenvalue weighted by molar-refractivity contribution is 6.32. The van der Waals surface area contributed by atoms with Crippen LogP contribution >= 0.6 is 11.6 Å². The summed E-state index contributed by atoms with van der Waals surface area (Å²) in [5.41, 5.74) is 9.14. The molecule has 1 saturated carbocycles. The summed E-state index contributed by atoms with van der Waals surface area (Å²) in [5, 5.41) is 7.15. The van der Waals surface area contributed by atoms with Crippen LogP contribution in [0.4, 0.5) is 17.5 Å². The van der Waals surface area contributed by atoms with Crippen LogP contribution in [0.2, 0.25) is 5.02 Å². The topological polar surface area (TPSA) is 115 Å². The van der Waals surface area contributed by atoms with Gasteiger partial charge in [-0.15, -0.1) is 0 Å². The Morgan fingerprint density at radius 2 is 1.97 bits per heavy atom. The van der Waals surface area contributed by atoms with Gasteiger partial charge in [0.15, 0.2) is 5.82 Å². The maximum absolute atomic E-state index is 12.2. The van der Waals surface area contributed by atoms with E-state index in [0.29, 0.717) is 22.8 Å². The van der Waals surface area contributed by atoms with Gasteiger partial charge in [0.1, 0.15) is 10.8 Å². The molecular weight excluding hydrogens is 504 g/mol. The molecule has 9 nitrogen and oxygen atoms in total. The monoisotopic (exact) mass is 538 g/mol. The van der Waals surface area contributed by atoms with E-state index in [1.165, 1.54) is 11.1 Å². The van der Waals surface area contributed by atoms with Gasteiger partial charge in [-0.3, -0.25) is 9.69 Å². The first kappa shape index (κ1) is 25.4. The van der Waals surface area contributed by atoms with Crippen molar-refractivity contribution in [1.29, 1.82) is 0 Å². The Hall–Kier alpha value is -2.88. The van der Waals surface area contributed by atoms with Crippen LogP contribution in [-0.2, 0) is 22.4 Å². The van der Waals surface area contributed by atoms with Crippen LogP contribution in [0.1, 0.15) is 30.4 Å². The van der Waals surface area contributed by atoms with Crippen LogP contribution in [0.25, 0.3) is 0 Å². The highest BCUT2D eigenvalue weighted by atomic mass is 35.5. The third-order valence-electron chi connectivity index (χ3n) is 8.68. The lowest BCUT2D eigenvalue weighted by atomic mass is 9.88. The van der Waals surface area contributed by atoms with E-state index < -0.39 is 0 Å². The Balaban J connectivity index is 1.21. The molecule has 1 amide bonds. The number of nitrogens with zero attached hydrogens (tertiary/aromatic N) is 3. The molecular formula is C28H35ClN6O3. The minimum Gasteiger partial charge on any atom is -0.494 e. The number of hydrogen-bond acceptors (Lipinski definition) is 8. The number of methoxy groups -OCH3 is 1. The third-order valence-corrected chi connectivity index (χ3v) is 8.96. The summed E-state index contributed by atoms with van der Waals surface area (Å²) in [6.07, 6.45) is 11.0. The van der Waals surface area contributed by atoms with E-state index in [0.717, 1.165) is 69.8 Å². The summed E-state index contributed by atoms with van der Waals surface area (Å²) in [4.78, 5) is 23.8. The molecule has 1 saturated heterocycles. The number of carbonyl (C=O) groups excluding carboxylic acids is 1. The molecule has 5 atom stereocenters. The zero-order valence-electron chi connectivity index (χ0n) is 21.7. The highest BCUT2D eigenvalue weighted by Crippen LogP contribution is 2.45. The van der Waals surface area contributed by atoms with Gasteiger partial charge in [-0.05, 0) is 61.1 Å². The first-order chi connectivity index (χ1) is 18.5. The van der Waals surface area contributed by atoms with Gasteiger partial charge in [-0.2, -0.15) is 4.98 Å². The maximum atomic E-state index is 12.2. The van der Waals surface area contributed by atoms with E-state index in [1.807, 2.05) is 6.07 Å². The summed E-state index contributed by atoms with van der Waals surface area (Å²) in [5.74, 6) is 1.55. The first-order valence-electron chi connectivity index (χ1n) is 13.6. The van der Waals surface area contributed by atoms with Crippen LogP contribution in [0.3, 0.4) is 0 Å². The molecule has 2 bridgehead atoms. The number of primary amides is 1. The van der Waals surface area contributed by atoms with Crippen molar-refractivity contribution < 1.29 is 14.3 Å². The van der Waals surface area contributed by atoms with E-state index in [-0.39, 0.29) is 29.7 Å². The zero-order chi connectivity index (χ0) is 26.2. The minimum absolute atomic E-state index is 0.135. The number of allylic oxidation sites excluding steroid dienone is 1. The van der Waals surface area contributed by atoms with Gasteiger partial charge in [0.25, 0.3) is 0 Å². The van der Waals surface area contributed by atoms with Gasteiger partial charge in [0.05, 0.1) is 38.1 Å². The molecule has 3 aliphatic carbocycles. The standard InChI is InChI=1S/C28H35ClN6O3/c1-37-25-20-8-7-19(35-10-12-38-13-11-35)6-4-16(20)5-9-22(25)32-28-31-15-21(29)27(34-28)33-24-18-3-2-17(14-18)23(24)26(30)36/h2-3,5,9,15,17-19,23-24H,4,6-8,10-14H2,1H3,(H2,30,36)(H2,31,32,33,34)/t17-,18+,19+,23?,24?/m1/s1. The quantitative estimate of drug-likeness (QED) is 0.362. The number of amides is 1. The first-order valence-corrected chi connectivity index (χ1v) is 13.9. The minimum atomic E-state index is -0.298. The number of morpholine rings is 1. The van der Waals surface area contributed by atoms with Crippen molar-refractivity contribution in [2.75, 3.05) is 44.0 Å². The molecule has 1 aliphatic heterocycles. The molecule has 202 valence electrons. The van der Waals surface area contributed by atoms with E-state index >= 15 is 0 Å². The number of fused-ring (bicyclic) bond motifs is 3. The summed E-state index contributed by atoms with van der Waals surface area (Å²) in [6.45, 7) is 3.66. The van der Waals surface area contributed by atoms with Crippen molar-refractivity contribution in [3.8, 4) is 5.75 Å². The van der Waals surface area contributed by atoms with Gasteiger partial charge in [0, 0.05) is 25.2 Å². The lowest BCUT2D eigenvalue weighted by Crippen LogP contribution is -2.43. The zero-order valence-corrected chi connectivity index (χ0v) is 22.4. The Bertz CT molecular complexity index is 1230. The smallest absolute Gasteiger partial charge is 0.229 e. The number of anilines is 3. The number of aromatic nitrogens is 2. The normalized spacial score (nSPS) is 28.5. The summed E-state index contributed by atoms with van der Waals surface area (Å²) >= 11 is 6.47. The van der Waals surface area contributed by atoms with Crippen molar-refractivity contribution >= 4 is 35.0 Å². The summed E-state index contributed by atoms with van der Waals surface area (Å²) < 4.78 is 11.5. The number of rotatable bonds is 7.